The van der Waals surface area contributed by atoms with Gasteiger partial charge in [0.1, 0.15) is 0 Å². The molecule has 4 N–H and O–H groups in total. The van der Waals surface area contributed by atoms with Gasteiger partial charge in [0.15, 0.2) is 5.66 Å². The van der Waals surface area contributed by atoms with Crippen LogP contribution in [-0.2, 0) is 5.66 Å². The zero-order valence-electron chi connectivity index (χ0n) is 11.6. The maximum absolute atomic E-state index is 12.5. The van der Waals surface area contributed by atoms with Gasteiger partial charge in [-0.1, -0.05) is 48.0 Å². The molecule has 3 rings (SSSR count). The van der Waals surface area contributed by atoms with Crippen LogP contribution in [0, 0.1) is 0 Å². The highest BCUT2D eigenvalue weighted by Crippen LogP contribution is 2.35. The van der Waals surface area contributed by atoms with Gasteiger partial charge in [-0.2, -0.15) is 0 Å². The van der Waals surface area contributed by atoms with Crippen molar-refractivity contribution in [1.29, 1.82) is 0 Å². The summed E-state index contributed by atoms with van der Waals surface area (Å²) in [6.07, 6.45) is 0. The molecule has 0 aliphatic carbocycles. The largest absolute Gasteiger partial charge is 0.357 e. The molecule has 0 saturated carbocycles. The first kappa shape index (κ1) is 13.9. The number of carbonyl (C=O) groups is 1. The van der Waals surface area contributed by atoms with Crippen LogP contribution in [0.2, 0.25) is 5.02 Å². The smallest absolute Gasteiger partial charge is 0.257 e. The van der Waals surface area contributed by atoms with Gasteiger partial charge in [0, 0.05) is 6.04 Å². The zero-order valence-corrected chi connectivity index (χ0v) is 12.3. The van der Waals surface area contributed by atoms with Crippen molar-refractivity contribution in [2.75, 3.05) is 5.32 Å². The molecule has 1 amide bonds. The van der Waals surface area contributed by atoms with Crippen LogP contribution in [0.3, 0.4) is 0 Å². The van der Waals surface area contributed by atoms with E-state index in [0.717, 1.165) is 5.56 Å². The zero-order chi connectivity index (χ0) is 15.0. The summed E-state index contributed by atoms with van der Waals surface area (Å²) in [4.78, 5) is 12.5. The fourth-order valence-corrected chi connectivity index (χ4v) is 2.94. The van der Waals surface area contributed by atoms with Crippen molar-refractivity contribution in [3.8, 4) is 0 Å². The summed E-state index contributed by atoms with van der Waals surface area (Å²) in [5.74, 6) is -0.226. The number of nitrogens with two attached hydrogens (primary N) is 1. The molecule has 0 spiro atoms. The van der Waals surface area contributed by atoms with Crippen LogP contribution in [-0.4, -0.2) is 11.9 Å². The molecule has 1 aliphatic heterocycles. The predicted molar refractivity (Wildman–Crippen MR) is 84.3 cm³/mol. The van der Waals surface area contributed by atoms with Crippen LogP contribution < -0.4 is 16.4 Å². The molecule has 2 atom stereocenters. The van der Waals surface area contributed by atoms with Gasteiger partial charge in [-0.25, -0.2) is 0 Å². The number of hydrogen-bond acceptors (Lipinski definition) is 3. The molecule has 0 fully saturated rings. The summed E-state index contributed by atoms with van der Waals surface area (Å²) < 4.78 is 0. The lowest BCUT2D eigenvalue weighted by atomic mass is 9.89. The number of fused-ring (bicyclic) bond motifs is 1. The van der Waals surface area contributed by atoms with Gasteiger partial charge >= 0.3 is 0 Å². The fourth-order valence-electron chi connectivity index (χ4n) is 2.68. The summed E-state index contributed by atoms with van der Waals surface area (Å²) in [6.45, 7) is 1.86. The molecule has 0 bridgehead atoms. The molecule has 0 aromatic heterocycles. The van der Waals surface area contributed by atoms with E-state index < -0.39 is 5.66 Å². The Morgan fingerprint density at radius 1 is 1.10 bits per heavy atom. The first-order valence-electron chi connectivity index (χ1n) is 6.75. The van der Waals surface area contributed by atoms with Crippen molar-refractivity contribution in [2.24, 2.45) is 5.73 Å². The Morgan fingerprint density at radius 2 is 1.81 bits per heavy atom. The van der Waals surface area contributed by atoms with Crippen molar-refractivity contribution in [3.63, 3.8) is 0 Å². The van der Waals surface area contributed by atoms with E-state index in [2.05, 4.69) is 10.6 Å². The van der Waals surface area contributed by atoms with Crippen LogP contribution in [0.1, 0.15) is 22.8 Å². The average molecular weight is 302 g/mol. The molecular formula is C16H16ClN3O. The lowest BCUT2D eigenvalue weighted by molar-refractivity contribution is 0.0886. The minimum atomic E-state index is -0.851. The number of rotatable bonds is 2. The van der Waals surface area contributed by atoms with Crippen LogP contribution >= 0.6 is 11.6 Å². The van der Waals surface area contributed by atoms with Crippen LogP contribution in [0.25, 0.3) is 0 Å². The first-order valence-corrected chi connectivity index (χ1v) is 7.13. The summed E-state index contributed by atoms with van der Waals surface area (Å²) in [7, 11) is 0. The number of nitrogens with one attached hydrogen (secondary N) is 2. The highest BCUT2D eigenvalue weighted by molar-refractivity contribution is 6.34. The normalized spacial score (nSPS) is 22.0. The molecule has 2 aromatic rings. The minimum Gasteiger partial charge on any atom is -0.357 e. The first-order chi connectivity index (χ1) is 10.0. The number of hydrogen-bond donors (Lipinski definition) is 3. The third-order valence-corrected chi connectivity index (χ3v) is 4.11. The molecule has 0 saturated heterocycles. The Morgan fingerprint density at radius 3 is 2.48 bits per heavy atom. The van der Waals surface area contributed by atoms with Gasteiger partial charge in [-0.3, -0.25) is 4.79 Å². The Bertz CT molecular complexity index is 687. The summed E-state index contributed by atoms with van der Waals surface area (Å²) >= 11 is 6.12. The highest BCUT2D eigenvalue weighted by atomic mass is 35.5. The number of anilines is 1. The SMILES string of the molecule is CC(N)[C@]1(c2ccccc2)NC(=O)c2c(Cl)cccc2N1. The van der Waals surface area contributed by atoms with E-state index in [-0.39, 0.29) is 11.9 Å². The second kappa shape index (κ2) is 5.06. The lowest BCUT2D eigenvalue weighted by Crippen LogP contribution is -2.63. The number of benzene rings is 2. The van der Waals surface area contributed by atoms with E-state index in [1.807, 2.05) is 49.4 Å². The Hall–Kier alpha value is -2.04. The molecular weight excluding hydrogens is 286 g/mol. The summed E-state index contributed by atoms with van der Waals surface area (Å²) in [5, 5.41) is 6.76. The van der Waals surface area contributed by atoms with Crippen molar-refractivity contribution >= 4 is 23.2 Å². The van der Waals surface area contributed by atoms with Gasteiger partial charge in [-0.15, -0.1) is 0 Å². The monoisotopic (exact) mass is 301 g/mol. The predicted octanol–water partition coefficient (Wildman–Crippen LogP) is 2.70. The van der Waals surface area contributed by atoms with Gasteiger partial charge in [0.05, 0.1) is 16.3 Å². The summed E-state index contributed by atoms with van der Waals surface area (Å²) in [6, 6.07) is 14.6. The van der Waals surface area contributed by atoms with E-state index in [4.69, 9.17) is 17.3 Å². The number of amides is 1. The van der Waals surface area contributed by atoms with Gasteiger partial charge in [0.2, 0.25) is 0 Å². The standard InChI is InChI=1S/C16H16ClN3O/c1-10(18)16(11-6-3-2-4-7-11)19-13-9-5-8-12(17)14(13)15(21)20-16/h2-10,19H,18H2,1H3,(H,20,21)/t10?,16-/m1/s1. The van der Waals surface area contributed by atoms with E-state index in [9.17, 15) is 4.79 Å². The average Bonchev–Trinajstić information content (AvgIpc) is 2.47. The van der Waals surface area contributed by atoms with E-state index in [0.29, 0.717) is 16.3 Å². The molecule has 2 aromatic carbocycles. The van der Waals surface area contributed by atoms with Crippen molar-refractivity contribution in [2.45, 2.75) is 18.6 Å². The van der Waals surface area contributed by atoms with Crippen LogP contribution in [0.5, 0.6) is 0 Å². The molecule has 4 nitrogen and oxygen atoms in total. The maximum atomic E-state index is 12.5. The third-order valence-electron chi connectivity index (χ3n) is 3.80. The molecule has 1 aliphatic rings. The quantitative estimate of drug-likeness (QED) is 0.799. The summed E-state index contributed by atoms with van der Waals surface area (Å²) in [5.41, 5.74) is 7.37. The molecule has 1 heterocycles. The van der Waals surface area contributed by atoms with E-state index in [1.54, 1.807) is 6.07 Å². The molecule has 21 heavy (non-hydrogen) atoms. The lowest BCUT2D eigenvalue weighted by Gasteiger charge is -2.43. The van der Waals surface area contributed by atoms with Gasteiger partial charge < -0.3 is 16.4 Å². The second-order valence-corrected chi connectivity index (χ2v) is 5.61. The van der Waals surface area contributed by atoms with Crippen LogP contribution in [0.15, 0.2) is 48.5 Å². The number of halogens is 1. The van der Waals surface area contributed by atoms with Crippen LogP contribution in [0.4, 0.5) is 5.69 Å². The molecule has 0 radical (unpaired) electrons. The second-order valence-electron chi connectivity index (χ2n) is 5.20. The van der Waals surface area contributed by atoms with Gasteiger partial charge in [0.25, 0.3) is 5.91 Å². The van der Waals surface area contributed by atoms with E-state index >= 15 is 0 Å². The van der Waals surface area contributed by atoms with E-state index in [1.165, 1.54) is 0 Å². The van der Waals surface area contributed by atoms with Crippen molar-refractivity contribution in [1.82, 2.24) is 5.32 Å². The minimum absolute atomic E-state index is 0.226. The van der Waals surface area contributed by atoms with Crippen molar-refractivity contribution < 1.29 is 4.79 Å². The highest BCUT2D eigenvalue weighted by Gasteiger charge is 2.42. The fraction of sp³-hybridized carbons (Fsp3) is 0.188. The Balaban J connectivity index is 2.16. The van der Waals surface area contributed by atoms with Crippen molar-refractivity contribution in [3.05, 3.63) is 64.7 Å². The molecule has 5 heteroatoms. The molecule has 1 unspecified atom stereocenters. The maximum Gasteiger partial charge on any atom is 0.257 e. The Kier molecular flexibility index (Phi) is 3.35. The molecule has 108 valence electrons. The number of carbonyl (C=O) groups excluding carboxylic acids is 1. The Labute approximate surface area is 128 Å². The van der Waals surface area contributed by atoms with Gasteiger partial charge in [-0.05, 0) is 24.6 Å². The topological polar surface area (TPSA) is 67.1 Å². The third kappa shape index (κ3) is 2.17.